The maximum atomic E-state index is 12.3. The van der Waals surface area contributed by atoms with Crippen LogP contribution in [0.15, 0.2) is 54.6 Å². The van der Waals surface area contributed by atoms with Crippen molar-refractivity contribution >= 4 is 23.2 Å². The van der Waals surface area contributed by atoms with Crippen molar-refractivity contribution in [1.82, 2.24) is 4.90 Å². The number of likely N-dealkylation sites (N-methyl/N-ethyl adjacent to an activating group) is 1. The van der Waals surface area contributed by atoms with Gasteiger partial charge in [-0.25, -0.2) is 0 Å². The Morgan fingerprint density at radius 2 is 1.52 bits per heavy atom. The molecule has 25 heavy (non-hydrogen) atoms. The normalized spacial score (nSPS) is 10.2. The zero-order chi connectivity index (χ0) is 18.2. The molecular weight excluding hydrogens is 314 g/mol. The van der Waals surface area contributed by atoms with Crippen LogP contribution >= 0.6 is 0 Å². The predicted octanol–water partition coefficient (Wildman–Crippen LogP) is 3.24. The molecule has 0 aliphatic carbocycles. The molecule has 0 heterocycles. The molecule has 5 heteroatoms. The number of amides is 2. The Bertz CT molecular complexity index is 695. The predicted molar refractivity (Wildman–Crippen MR) is 102 cm³/mol. The fourth-order valence-corrected chi connectivity index (χ4v) is 2.58. The second kappa shape index (κ2) is 8.87. The summed E-state index contributed by atoms with van der Waals surface area (Å²) in [4.78, 5) is 28.1. The number of anilines is 2. The molecule has 0 aromatic heterocycles. The number of para-hydroxylation sites is 1. The summed E-state index contributed by atoms with van der Waals surface area (Å²) in [6, 6.07) is 16.8. The molecule has 5 nitrogen and oxygen atoms in total. The first kappa shape index (κ1) is 18.5. The Kier molecular flexibility index (Phi) is 6.57. The van der Waals surface area contributed by atoms with E-state index in [9.17, 15) is 9.59 Å². The second-order valence-electron chi connectivity index (χ2n) is 5.79. The summed E-state index contributed by atoms with van der Waals surface area (Å²) in [5.74, 6) is -0.0964. The Morgan fingerprint density at radius 3 is 2.08 bits per heavy atom. The number of benzene rings is 2. The summed E-state index contributed by atoms with van der Waals surface area (Å²) < 4.78 is 0. The van der Waals surface area contributed by atoms with Gasteiger partial charge in [-0.2, -0.15) is 0 Å². The van der Waals surface area contributed by atoms with Crippen LogP contribution in [0.2, 0.25) is 0 Å². The van der Waals surface area contributed by atoms with Gasteiger partial charge in [-0.15, -0.1) is 0 Å². The lowest BCUT2D eigenvalue weighted by atomic mass is 10.1. The van der Waals surface area contributed by atoms with Gasteiger partial charge in [0.15, 0.2) is 0 Å². The Labute approximate surface area is 149 Å². The number of nitrogens with one attached hydrogen (secondary N) is 1. The van der Waals surface area contributed by atoms with Crippen LogP contribution in [-0.2, 0) is 4.79 Å². The van der Waals surface area contributed by atoms with E-state index in [0.717, 1.165) is 5.69 Å². The average Bonchev–Trinajstić information content (AvgIpc) is 2.64. The average molecular weight is 339 g/mol. The molecule has 2 aromatic rings. The van der Waals surface area contributed by atoms with Crippen molar-refractivity contribution in [2.75, 3.05) is 36.9 Å². The van der Waals surface area contributed by atoms with E-state index in [0.29, 0.717) is 24.3 Å². The van der Waals surface area contributed by atoms with Crippen molar-refractivity contribution in [3.8, 4) is 0 Å². The van der Waals surface area contributed by atoms with Crippen molar-refractivity contribution in [3.05, 3.63) is 60.2 Å². The van der Waals surface area contributed by atoms with Crippen LogP contribution in [-0.4, -0.2) is 43.4 Å². The summed E-state index contributed by atoms with van der Waals surface area (Å²) in [6.07, 6.45) is 0. The van der Waals surface area contributed by atoms with Crippen molar-refractivity contribution in [3.63, 3.8) is 0 Å². The van der Waals surface area contributed by atoms with E-state index in [1.807, 2.05) is 56.1 Å². The molecule has 0 saturated heterocycles. The quantitative estimate of drug-likeness (QED) is 0.842. The van der Waals surface area contributed by atoms with Crippen molar-refractivity contribution in [1.29, 1.82) is 0 Å². The molecule has 1 N–H and O–H groups in total. The third kappa shape index (κ3) is 5.08. The number of rotatable bonds is 7. The van der Waals surface area contributed by atoms with Gasteiger partial charge in [0, 0.05) is 37.1 Å². The van der Waals surface area contributed by atoms with E-state index in [1.54, 1.807) is 29.2 Å². The summed E-state index contributed by atoms with van der Waals surface area (Å²) in [7, 11) is 1.88. The lowest BCUT2D eigenvalue weighted by molar-refractivity contribution is -0.114. The van der Waals surface area contributed by atoms with E-state index in [1.165, 1.54) is 0 Å². The molecule has 0 fully saturated rings. The maximum Gasteiger partial charge on any atom is 0.253 e. The minimum Gasteiger partial charge on any atom is -0.365 e. The molecule has 0 aliphatic heterocycles. The number of hydrogen-bond donors (Lipinski definition) is 1. The summed E-state index contributed by atoms with van der Waals surface area (Å²) in [6.45, 7) is 5.53. The van der Waals surface area contributed by atoms with E-state index in [2.05, 4.69) is 5.32 Å². The highest BCUT2D eigenvalue weighted by Gasteiger charge is 2.12. The largest absolute Gasteiger partial charge is 0.365 e. The van der Waals surface area contributed by atoms with Crippen LogP contribution in [0.25, 0.3) is 0 Å². The van der Waals surface area contributed by atoms with Crippen LogP contribution in [0.4, 0.5) is 11.4 Å². The highest BCUT2D eigenvalue weighted by Crippen LogP contribution is 2.13. The molecule has 0 atom stereocenters. The van der Waals surface area contributed by atoms with Gasteiger partial charge < -0.3 is 15.1 Å². The van der Waals surface area contributed by atoms with Gasteiger partial charge in [0.05, 0.1) is 6.54 Å². The zero-order valence-electron chi connectivity index (χ0n) is 15.0. The van der Waals surface area contributed by atoms with E-state index < -0.39 is 0 Å². The first-order valence-corrected chi connectivity index (χ1v) is 8.50. The van der Waals surface area contributed by atoms with E-state index >= 15 is 0 Å². The molecule has 0 bridgehead atoms. The summed E-state index contributed by atoms with van der Waals surface area (Å²) in [5, 5.41) is 2.86. The van der Waals surface area contributed by atoms with Crippen LogP contribution in [0.1, 0.15) is 24.2 Å². The van der Waals surface area contributed by atoms with Crippen LogP contribution in [0.5, 0.6) is 0 Å². The lowest BCUT2D eigenvalue weighted by Crippen LogP contribution is -2.31. The maximum absolute atomic E-state index is 12.3. The molecule has 2 rings (SSSR count). The third-order valence-corrected chi connectivity index (χ3v) is 4.04. The van der Waals surface area contributed by atoms with E-state index in [-0.39, 0.29) is 18.4 Å². The molecule has 2 amide bonds. The molecule has 0 spiro atoms. The highest BCUT2D eigenvalue weighted by atomic mass is 16.2. The van der Waals surface area contributed by atoms with E-state index in [4.69, 9.17) is 0 Å². The number of nitrogens with zero attached hydrogens (tertiary/aromatic N) is 2. The summed E-state index contributed by atoms with van der Waals surface area (Å²) in [5.41, 5.74) is 2.29. The van der Waals surface area contributed by atoms with Gasteiger partial charge in [0.2, 0.25) is 5.91 Å². The van der Waals surface area contributed by atoms with Crippen LogP contribution in [0, 0.1) is 0 Å². The third-order valence-electron chi connectivity index (χ3n) is 4.04. The monoisotopic (exact) mass is 339 g/mol. The number of carbonyl (C=O) groups excluding carboxylic acids is 2. The molecule has 0 aliphatic rings. The second-order valence-corrected chi connectivity index (χ2v) is 5.79. The summed E-state index contributed by atoms with van der Waals surface area (Å²) >= 11 is 0. The molecule has 132 valence electrons. The van der Waals surface area contributed by atoms with Gasteiger partial charge in [0.25, 0.3) is 5.91 Å². The first-order valence-electron chi connectivity index (χ1n) is 8.50. The fraction of sp³-hybridized carbons (Fsp3) is 0.300. The number of hydrogen-bond acceptors (Lipinski definition) is 3. The molecule has 0 saturated carbocycles. The smallest absolute Gasteiger partial charge is 0.253 e. The van der Waals surface area contributed by atoms with Gasteiger partial charge in [-0.3, -0.25) is 9.59 Å². The SMILES string of the molecule is CCN(CC)C(=O)c1ccc(NC(=O)CN(C)c2ccccc2)cc1. The van der Waals surface area contributed by atoms with Gasteiger partial charge in [0.1, 0.15) is 0 Å². The topological polar surface area (TPSA) is 52.7 Å². The van der Waals surface area contributed by atoms with Gasteiger partial charge in [-0.05, 0) is 50.2 Å². The minimum absolute atomic E-state index is 0.00619. The zero-order valence-corrected chi connectivity index (χ0v) is 15.0. The molecule has 0 radical (unpaired) electrons. The molecule has 2 aromatic carbocycles. The van der Waals surface area contributed by atoms with Crippen LogP contribution < -0.4 is 10.2 Å². The first-order chi connectivity index (χ1) is 12.0. The Balaban J connectivity index is 1.94. The standard InChI is InChI=1S/C20H25N3O2/c1-4-23(5-2)20(25)16-11-13-17(14-12-16)21-19(24)15-22(3)18-9-7-6-8-10-18/h6-14H,4-5,15H2,1-3H3,(H,21,24). The highest BCUT2D eigenvalue weighted by molar-refractivity contribution is 5.96. The molecular formula is C20H25N3O2. The lowest BCUT2D eigenvalue weighted by Gasteiger charge is -2.19. The van der Waals surface area contributed by atoms with Crippen molar-refractivity contribution < 1.29 is 9.59 Å². The fourth-order valence-electron chi connectivity index (χ4n) is 2.58. The minimum atomic E-state index is -0.103. The van der Waals surface area contributed by atoms with Gasteiger partial charge in [-0.1, -0.05) is 18.2 Å². The van der Waals surface area contributed by atoms with Crippen molar-refractivity contribution in [2.45, 2.75) is 13.8 Å². The Morgan fingerprint density at radius 1 is 0.920 bits per heavy atom. The number of carbonyl (C=O) groups is 2. The van der Waals surface area contributed by atoms with Crippen LogP contribution in [0.3, 0.4) is 0 Å². The van der Waals surface area contributed by atoms with Gasteiger partial charge >= 0.3 is 0 Å². The Hall–Kier alpha value is -2.82. The molecule has 0 unspecified atom stereocenters. The van der Waals surface area contributed by atoms with Crippen molar-refractivity contribution in [2.24, 2.45) is 0 Å².